The van der Waals surface area contributed by atoms with E-state index in [0.717, 1.165) is 40.4 Å². The van der Waals surface area contributed by atoms with E-state index in [-0.39, 0.29) is 18.5 Å². The minimum atomic E-state index is -0.706. The molecule has 0 radical (unpaired) electrons. The van der Waals surface area contributed by atoms with E-state index in [2.05, 4.69) is 21.7 Å². The quantitative estimate of drug-likeness (QED) is 0.261. The van der Waals surface area contributed by atoms with Crippen LogP contribution in [0.4, 0.5) is 8.78 Å². The zero-order chi connectivity index (χ0) is 29.8. The van der Waals surface area contributed by atoms with Crippen LogP contribution in [0.2, 0.25) is 0 Å². The predicted octanol–water partition coefficient (Wildman–Crippen LogP) is 4.27. The number of fused-ring (bicyclic) bond motifs is 3. The molecule has 0 bridgehead atoms. The third-order valence-corrected chi connectivity index (χ3v) is 8.52. The SMILES string of the molecule is C[C@@H](COc1cccc2cc(-c3nc4cc5c(nc4n3C)CCN(C[C@H](N)CF)C5=O)n(CC3CC3)c12)n1cnc(F)c1. The molecule has 0 unspecified atom stereocenters. The fourth-order valence-electron chi connectivity index (χ4n) is 5.96. The number of aryl methyl sites for hydroxylation is 1. The van der Waals surface area contributed by atoms with Gasteiger partial charge in [0.25, 0.3) is 5.91 Å². The van der Waals surface area contributed by atoms with Crippen LogP contribution < -0.4 is 10.5 Å². The highest BCUT2D eigenvalue weighted by molar-refractivity contribution is 5.99. The number of hydrogen-bond donors (Lipinski definition) is 1. The lowest BCUT2D eigenvalue weighted by molar-refractivity contribution is 0.0723. The number of carbonyl (C=O) groups is 1. The molecule has 43 heavy (non-hydrogen) atoms. The van der Waals surface area contributed by atoms with Crippen LogP contribution in [0, 0.1) is 11.9 Å². The van der Waals surface area contributed by atoms with E-state index in [9.17, 15) is 13.6 Å². The molecule has 12 heteroatoms. The molecule has 2 aliphatic rings. The Labute approximate surface area is 247 Å². The van der Waals surface area contributed by atoms with Crippen molar-refractivity contribution in [3.8, 4) is 17.3 Å². The summed E-state index contributed by atoms with van der Waals surface area (Å²) in [5.41, 5.74) is 10.3. The van der Waals surface area contributed by atoms with Crippen molar-refractivity contribution in [1.29, 1.82) is 0 Å². The van der Waals surface area contributed by atoms with E-state index >= 15 is 0 Å². The minimum absolute atomic E-state index is 0.109. The molecule has 0 spiro atoms. The molecule has 2 atom stereocenters. The molecule has 1 saturated carbocycles. The van der Waals surface area contributed by atoms with Crippen molar-refractivity contribution < 1.29 is 18.3 Å². The average Bonchev–Trinajstić information content (AvgIpc) is 3.46. The van der Waals surface area contributed by atoms with Crippen LogP contribution in [0.5, 0.6) is 5.75 Å². The van der Waals surface area contributed by atoms with Crippen molar-refractivity contribution in [1.82, 2.24) is 33.6 Å². The molecule has 10 nitrogen and oxygen atoms in total. The van der Waals surface area contributed by atoms with Crippen molar-refractivity contribution in [3.05, 3.63) is 60.1 Å². The summed E-state index contributed by atoms with van der Waals surface area (Å²) in [4.78, 5) is 28.4. The average molecular weight is 589 g/mol. The molecule has 0 saturated heterocycles. The maximum atomic E-state index is 13.5. The second-order valence-electron chi connectivity index (χ2n) is 11.8. The molecule has 1 fully saturated rings. The largest absolute Gasteiger partial charge is 0.489 e. The second kappa shape index (κ2) is 10.7. The number of aromatic nitrogens is 6. The zero-order valence-corrected chi connectivity index (χ0v) is 24.2. The van der Waals surface area contributed by atoms with Gasteiger partial charge in [0.1, 0.15) is 24.5 Å². The Morgan fingerprint density at radius 2 is 2.05 bits per heavy atom. The summed E-state index contributed by atoms with van der Waals surface area (Å²) in [6.07, 6.45) is 5.76. The topological polar surface area (TPSA) is 109 Å². The predicted molar refractivity (Wildman–Crippen MR) is 158 cm³/mol. The van der Waals surface area contributed by atoms with Gasteiger partial charge in [-0.15, -0.1) is 0 Å². The van der Waals surface area contributed by atoms with Crippen LogP contribution in [0.15, 0.2) is 42.9 Å². The number of amides is 1. The number of halogens is 2. The summed E-state index contributed by atoms with van der Waals surface area (Å²) in [5, 5.41) is 1.03. The highest BCUT2D eigenvalue weighted by Crippen LogP contribution is 2.39. The summed E-state index contributed by atoms with van der Waals surface area (Å²) >= 11 is 0. The Morgan fingerprint density at radius 1 is 1.21 bits per heavy atom. The van der Waals surface area contributed by atoms with Gasteiger partial charge >= 0.3 is 0 Å². The fourth-order valence-corrected chi connectivity index (χ4v) is 5.96. The number of hydrogen-bond acceptors (Lipinski definition) is 6. The van der Waals surface area contributed by atoms with Gasteiger partial charge < -0.3 is 29.1 Å². The first-order valence-electron chi connectivity index (χ1n) is 14.7. The maximum absolute atomic E-state index is 13.5. The number of nitrogens with zero attached hydrogens (tertiary/aromatic N) is 7. The Kier molecular flexibility index (Phi) is 6.88. The van der Waals surface area contributed by atoms with Gasteiger partial charge in [-0.2, -0.15) is 4.39 Å². The lowest BCUT2D eigenvalue weighted by atomic mass is 10.0. The molecule has 1 amide bonds. The molecule has 4 aromatic heterocycles. The number of alkyl halides is 1. The highest BCUT2D eigenvalue weighted by atomic mass is 19.1. The fraction of sp³-hybridized carbons (Fsp3) is 0.419. The van der Waals surface area contributed by atoms with Crippen LogP contribution in [0.25, 0.3) is 33.6 Å². The Bertz CT molecular complexity index is 1840. The van der Waals surface area contributed by atoms with Crippen LogP contribution >= 0.6 is 0 Å². The van der Waals surface area contributed by atoms with Gasteiger partial charge in [0, 0.05) is 38.5 Å². The summed E-state index contributed by atoms with van der Waals surface area (Å²) in [6, 6.07) is 9.13. The van der Waals surface area contributed by atoms with Crippen LogP contribution in [-0.4, -0.2) is 71.9 Å². The van der Waals surface area contributed by atoms with E-state index in [1.54, 1.807) is 15.5 Å². The first-order valence-corrected chi connectivity index (χ1v) is 14.7. The Morgan fingerprint density at radius 3 is 2.79 bits per heavy atom. The lowest BCUT2D eigenvalue weighted by Gasteiger charge is -2.29. The molecule has 7 rings (SSSR count). The van der Waals surface area contributed by atoms with E-state index < -0.39 is 18.7 Å². The van der Waals surface area contributed by atoms with Gasteiger partial charge in [-0.1, -0.05) is 12.1 Å². The first-order chi connectivity index (χ1) is 20.8. The van der Waals surface area contributed by atoms with Crippen molar-refractivity contribution >= 4 is 28.0 Å². The third-order valence-electron chi connectivity index (χ3n) is 8.52. The summed E-state index contributed by atoms with van der Waals surface area (Å²) < 4.78 is 38.8. The monoisotopic (exact) mass is 588 g/mol. The van der Waals surface area contributed by atoms with Crippen LogP contribution in [-0.2, 0) is 20.0 Å². The van der Waals surface area contributed by atoms with Crippen LogP contribution in [0.3, 0.4) is 0 Å². The molecule has 2 N–H and O–H groups in total. The van der Waals surface area contributed by atoms with Gasteiger partial charge in [-0.3, -0.25) is 4.79 Å². The smallest absolute Gasteiger partial charge is 0.255 e. The van der Waals surface area contributed by atoms with Gasteiger partial charge in [0.15, 0.2) is 11.5 Å². The third kappa shape index (κ3) is 5.03. The van der Waals surface area contributed by atoms with Gasteiger partial charge in [0.05, 0.1) is 47.1 Å². The van der Waals surface area contributed by atoms with E-state index in [4.69, 9.17) is 20.4 Å². The Balaban J connectivity index is 1.27. The van der Waals surface area contributed by atoms with E-state index in [1.165, 1.54) is 25.4 Å². The minimum Gasteiger partial charge on any atom is -0.489 e. The number of para-hydroxylation sites is 1. The number of imidazole rings is 2. The number of benzene rings is 1. The van der Waals surface area contributed by atoms with Gasteiger partial charge in [0.2, 0.25) is 5.95 Å². The van der Waals surface area contributed by atoms with Gasteiger partial charge in [-0.25, -0.2) is 19.3 Å². The summed E-state index contributed by atoms with van der Waals surface area (Å²) in [5.74, 6) is 1.37. The first kappa shape index (κ1) is 27.5. The maximum Gasteiger partial charge on any atom is 0.255 e. The van der Waals surface area contributed by atoms with E-state index in [0.29, 0.717) is 42.2 Å². The summed E-state index contributed by atoms with van der Waals surface area (Å²) in [7, 11) is 1.95. The Hall–Kier alpha value is -4.32. The zero-order valence-electron chi connectivity index (χ0n) is 24.2. The molecule has 1 aliphatic heterocycles. The molecule has 1 aromatic carbocycles. The molecule has 5 aromatic rings. The van der Waals surface area contributed by atoms with Gasteiger partial charge in [-0.05, 0) is 43.9 Å². The number of nitrogens with two attached hydrogens (primary N) is 1. The molecule has 1 aliphatic carbocycles. The van der Waals surface area contributed by atoms with Crippen LogP contribution in [0.1, 0.15) is 41.9 Å². The number of ether oxygens (including phenoxy) is 1. The standard InChI is InChI=1S/C31H34F2N8O2/c1-18(40-15-27(33)35-17-40)16-43-26-5-3-4-20-10-25(41(28(20)26)13-19-6-7-19)30-37-24-11-22-23(36-29(24)38(30)2)8-9-39(31(22)42)14-21(34)12-32/h3-5,10-11,15,17-19,21H,6-9,12-14,16,34H2,1-2H3/t18-,21+/m0/s1. The number of rotatable bonds is 10. The lowest BCUT2D eigenvalue weighted by Crippen LogP contribution is -2.45. The molecular formula is C31H34F2N8O2. The highest BCUT2D eigenvalue weighted by Gasteiger charge is 2.30. The number of pyridine rings is 1. The second-order valence-corrected chi connectivity index (χ2v) is 11.8. The van der Waals surface area contributed by atoms with Crippen molar-refractivity contribution in [3.63, 3.8) is 0 Å². The van der Waals surface area contributed by atoms with Crippen molar-refractivity contribution in [2.45, 2.75) is 44.8 Å². The number of carbonyl (C=O) groups excluding carboxylic acids is 1. The molecule has 5 heterocycles. The van der Waals surface area contributed by atoms with Crippen molar-refractivity contribution in [2.24, 2.45) is 18.7 Å². The molecular weight excluding hydrogens is 554 g/mol. The normalized spacial score (nSPS) is 16.7. The summed E-state index contributed by atoms with van der Waals surface area (Å²) in [6.45, 7) is 3.09. The van der Waals surface area contributed by atoms with Crippen molar-refractivity contribution in [2.75, 3.05) is 26.4 Å². The van der Waals surface area contributed by atoms with E-state index in [1.807, 2.05) is 30.7 Å². The molecule has 224 valence electrons.